The minimum Gasteiger partial charge on any atom is -0.366 e. The van der Waals surface area contributed by atoms with E-state index in [2.05, 4.69) is 5.32 Å². The van der Waals surface area contributed by atoms with Crippen molar-refractivity contribution in [1.29, 1.82) is 0 Å². The summed E-state index contributed by atoms with van der Waals surface area (Å²) in [5.74, 6) is -0.689. The summed E-state index contributed by atoms with van der Waals surface area (Å²) in [4.78, 5) is 22.0. The second-order valence-corrected chi connectivity index (χ2v) is 4.05. The van der Waals surface area contributed by atoms with E-state index in [1.807, 2.05) is 0 Å². The molecule has 0 spiro atoms. The van der Waals surface area contributed by atoms with Crippen LogP contribution in [0.4, 0.5) is 0 Å². The summed E-state index contributed by atoms with van der Waals surface area (Å²) in [7, 11) is 0. The van der Waals surface area contributed by atoms with E-state index in [1.54, 1.807) is 31.2 Å². The molecule has 3 N–H and O–H groups in total. The molecule has 0 bridgehead atoms. The van der Waals surface area contributed by atoms with Gasteiger partial charge in [-0.1, -0.05) is 12.1 Å². The van der Waals surface area contributed by atoms with Crippen LogP contribution >= 0.6 is 11.6 Å². The third-order valence-corrected chi connectivity index (χ3v) is 2.26. The Morgan fingerprint density at radius 3 is 2.38 bits per heavy atom. The van der Waals surface area contributed by atoms with Gasteiger partial charge in [0.2, 0.25) is 11.8 Å². The predicted octanol–water partition coefficient (Wildman–Crippen LogP) is 1.03. The molecule has 16 heavy (non-hydrogen) atoms. The van der Waals surface area contributed by atoms with Gasteiger partial charge in [0.15, 0.2) is 0 Å². The van der Waals surface area contributed by atoms with Gasteiger partial charge in [0, 0.05) is 12.1 Å². The number of halogens is 1. The number of primary amides is 1. The average Bonchev–Trinajstić information content (AvgIpc) is 2.26. The topological polar surface area (TPSA) is 72.2 Å². The summed E-state index contributed by atoms with van der Waals surface area (Å²) in [6.45, 7) is 1.99. The van der Waals surface area contributed by atoms with Gasteiger partial charge in [0.25, 0.3) is 0 Å². The van der Waals surface area contributed by atoms with E-state index in [0.717, 1.165) is 5.56 Å². The predicted molar refractivity (Wildman–Crippen MR) is 62.1 cm³/mol. The number of amides is 2. The normalized spacial score (nSPS) is 11.9. The molecule has 0 fully saturated rings. The van der Waals surface area contributed by atoms with Crippen molar-refractivity contribution < 1.29 is 9.59 Å². The van der Waals surface area contributed by atoms with Crippen LogP contribution in [0.1, 0.15) is 22.8 Å². The van der Waals surface area contributed by atoms with Crippen molar-refractivity contribution in [2.45, 2.75) is 18.8 Å². The lowest BCUT2D eigenvalue weighted by molar-refractivity contribution is -0.120. The number of carbonyl (C=O) groups is 2. The average molecular weight is 241 g/mol. The Morgan fingerprint density at radius 2 is 1.94 bits per heavy atom. The summed E-state index contributed by atoms with van der Waals surface area (Å²) in [5.41, 5.74) is 6.43. The number of alkyl halides is 1. The zero-order valence-electron chi connectivity index (χ0n) is 8.87. The monoisotopic (exact) mass is 240 g/mol. The molecule has 2 amide bonds. The minimum absolute atomic E-state index is 0.222. The zero-order chi connectivity index (χ0) is 12.1. The molecule has 0 aliphatic rings. The molecule has 0 radical (unpaired) electrons. The first kappa shape index (κ1) is 12.5. The molecule has 1 aromatic carbocycles. The van der Waals surface area contributed by atoms with Gasteiger partial charge in [-0.05, 0) is 24.6 Å². The summed E-state index contributed by atoms with van der Waals surface area (Å²) in [6.07, 6.45) is 0. The fourth-order valence-electron chi connectivity index (χ4n) is 1.12. The molecular formula is C11H13ClN2O2. The Morgan fingerprint density at radius 1 is 1.38 bits per heavy atom. The first-order chi connectivity index (χ1) is 7.50. The van der Waals surface area contributed by atoms with Gasteiger partial charge in [-0.2, -0.15) is 0 Å². The van der Waals surface area contributed by atoms with Crippen LogP contribution < -0.4 is 11.1 Å². The van der Waals surface area contributed by atoms with Crippen LogP contribution in [0, 0.1) is 0 Å². The highest BCUT2D eigenvalue weighted by molar-refractivity contribution is 6.30. The summed E-state index contributed by atoms with van der Waals surface area (Å²) in [5, 5.41) is 2.11. The Balaban J connectivity index is 2.56. The van der Waals surface area contributed by atoms with E-state index >= 15 is 0 Å². The molecule has 0 aliphatic heterocycles. The van der Waals surface area contributed by atoms with Crippen molar-refractivity contribution >= 4 is 23.4 Å². The lowest BCUT2D eigenvalue weighted by Gasteiger charge is -2.06. The van der Waals surface area contributed by atoms with E-state index in [9.17, 15) is 9.59 Å². The Bertz CT molecular complexity index is 387. The molecule has 86 valence electrons. The van der Waals surface area contributed by atoms with Crippen molar-refractivity contribution in [1.82, 2.24) is 5.32 Å². The number of hydrogen-bond donors (Lipinski definition) is 2. The highest BCUT2D eigenvalue weighted by atomic mass is 35.5. The third-order valence-electron chi connectivity index (χ3n) is 2.07. The van der Waals surface area contributed by atoms with Crippen LogP contribution in [-0.2, 0) is 11.3 Å². The fraction of sp³-hybridized carbons (Fsp3) is 0.273. The first-order valence-corrected chi connectivity index (χ1v) is 5.25. The molecular weight excluding hydrogens is 228 g/mol. The zero-order valence-corrected chi connectivity index (χ0v) is 9.62. The smallest absolute Gasteiger partial charge is 0.248 e. The van der Waals surface area contributed by atoms with E-state index in [4.69, 9.17) is 17.3 Å². The van der Waals surface area contributed by atoms with E-state index in [0.29, 0.717) is 12.1 Å². The second-order valence-electron chi connectivity index (χ2n) is 3.39. The summed E-state index contributed by atoms with van der Waals surface area (Å²) in [6, 6.07) is 6.71. The van der Waals surface area contributed by atoms with Gasteiger partial charge in [-0.15, -0.1) is 11.6 Å². The van der Waals surface area contributed by atoms with Crippen molar-refractivity contribution in [3.63, 3.8) is 0 Å². The molecule has 0 heterocycles. The van der Waals surface area contributed by atoms with Crippen LogP contribution in [0.25, 0.3) is 0 Å². The maximum Gasteiger partial charge on any atom is 0.248 e. The molecule has 1 aromatic rings. The van der Waals surface area contributed by atoms with Crippen molar-refractivity contribution in [2.75, 3.05) is 0 Å². The first-order valence-electron chi connectivity index (χ1n) is 4.81. The lowest BCUT2D eigenvalue weighted by atomic mass is 10.1. The van der Waals surface area contributed by atoms with Crippen molar-refractivity contribution in [3.05, 3.63) is 35.4 Å². The molecule has 1 unspecified atom stereocenters. The Kier molecular flexibility index (Phi) is 4.31. The molecule has 0 saturated carbocycles. The fourth-order valence-corrected chi connectivity index (χ4v) is 1.19. The SMILES string of the molecule is CC(Cl)C(=O)NCc1ccc(C(N)=O)cc1. The number of hydrogen-bond acceptors (Lipinski definition) is 2. The molecule has 1 atom stereocenters. The number of rotatable bonds is 4. The largest absolute Gasteiger partial charge is 0.366 e. The van der Waals surface area contributed by atoms with E-state index in [-0.39, 0.29) is 5.91 Å². The molecule has 4 nitrogen and oxygen atoms in total. The van der Waals surface area contributed by atoms with Gasteiger partial charge < -0.3 is 11.1 Å². The highest BCUT2D eigenvalue weighted by Crippen LogP contribution is 2.04. The second kappa shape index (κ2) is 5.51. The van der Waals surface area contributed by atoms with E-state index in [1.165, 1.54) is 0 Å². The molecule has 0 aromatic heterocycles. The van der Waals surface area contributed by atoms with E-state index < -0.39 is 11.3 Å². The maximum atomic E-state index is 11.2. The molecule has 1 rings (SSSR count). The van der Waals surface area contributed by atoms with Crippen molar-refractivity contribution in [3.8, 4) is 0 Å². The van der Waals surface area contributed by atoms with Crippen LogP contribution in [-0.4, -0.2) is 17.2 Å². The summed E-state index contributed by atoms with van der Waals surface area (Å²) >= 11 is 5.59. The minimum atomic E-state index is -0.551. The quantitative estimate of drug-likeness (QED) is 0.772. The number of nitrogens with one attached hydrogen (secondary N) is 1. The number of nitrogens with two attached hydrogens (primary N) is 1. The maximum absolute atomic E-state index is 11.2. The van der Waals surface area contributed by atoms with Gasteiger partial charge in [0.1, 0.15) is 5.38 Å². The highest BCUT2D eigenvalue weighted by Gasteiger charge is 2.07. The number of carbonyl (C=O) groups excluding carboxylic acids is 2. The van der Waals surface area contributed by atoms with Crippen LogP contribution in [0.15, 0.2) is 24.3 Å². The molecule has 5 heteroatoms. The molecule has 0 aliphatic carbocycles. The summed E-state index contributed by atoms with van der Waals surface area (Å²) < 4.78 is 0. The van der Waals surface area contributed by atoms with Gasteiger partial charge in [-0.25, -0.2) is 0 Å². The van der Waals surface area contributed by atoms with Crippen LogP contribution in [0.2, 0.25) is 0 Å². The van der Waals surface area contributed by atoms with Gasteiger partial charge in [0.05, 0.1) is 0 Å². The van der Waals surface area contributed by atoms with Crippen molar-refractivity contribution in [2.24, 2.45) is 5.73 Å². The number of benzene rings is 1. The molecule has 0 saturated heterocycles. The Hall–Kier alpha value is -1.55. The van der Waals surface area contributed by atoms with Crippen LogP contribution in [0.5, 0.6) is 0 Å². The third kappa shape index (κ3) is 3.55. The van der Waals surface area contributed by atoms with Gasteiger partial charge >= 0.3 is 0 Å². The lowest BCUT2D eigenvalue weighted by Crippen LogP contribution is -2.29. The van der Waals surface area contributed by atoms with Gasteiger partial charge in [-0.3, -0.25) is 9.59 Å². The standard InChI is InChI=1S/C11H13ClN2O2/c1-7(12)11(16)14-6-8-2-4-9(5-3-8)10(13)15/h2-5,7H,6H2,1H3,(H2,13,15)(H,14,16). The Labute approximate surface area is 98.8 Å². The van der Waals surface area contributed by atoms with Crippen LogP contribution in [0.3, 0.4) is 0 Å².